The molecule has 0 spiro atoms. The number of hydrogen-bond acceptors (Lipinski definition) is 5. The average molecular weight is 376 g/mol. The van der Waals surface area contributed by atoms with E-state index in [0.29, 0.717) is 13.0 Å². The molecule has 1 aliphatic rings. The third-order valence-electron chi connectivity index (χ3n) is 4.86. The molecule has 1 aromatic heterocycles. The number of carbonyl (C=O) groups is 1. The fourth-order valence-corrected chi connectivity index (χ4v) is 3.39. The van der Waals surface area contributed by atoms with Crippen molar-refractivity contribution >= 4 is 5.91 Å². The maximum absolute atomic E-state index is 14.0. The maximum Gasteiger partial charge on any atom is 0.251 e. The highest BCUT2D eigenvalue weighted by atomic mass is 19.1. The molecule has 1 aliphatic heterocycles. The van der Waals surface area contributed by atoms with Crippen LogP contribution in [0.3, 0.4) is 0 Å². The summed E-state index contributed by atoms with van der Waals surface area (Å²) in [6, 6.07) is 4.44. The molecule has 1 atom stereocenters. The smallest absolute Gasteiger partial charge is 0.251 e. The number of carbonyl (C=O) groups excluding carboxylic acids is 1. The van der Waals surface area contributed by atoms with Gasteiger partial charge in [0.2, 0.25) is 11.8 Å². The van der Waals surface area contributed by atoms with Gasteiger partial charge in [-0.15, -0.1) is 0 Å². The summed E-state index contributed by atoms with van der Waals surface area (Å²) in [7, 11) is 0. The Hall–Kier alpha value is -2.61. The van der Waals surface area contributed by atoms with Crippen LogP contribution in [0.1, 0.15) is 42.1 Å². The molecule has 2 heterocycles. The van der Waals surface area contributed by atoms with Gasteiger partial charge in [0.15, 0.2) is 5.72 Å². The number of piperidine rings is 1. The molecule has 0 aliphatic carbocycles. The van der Waals surface area contributed by atoms with Crippen LogP contribution in [0, 0.1) is 11.8 Å². The van der Waals surface area contributed by atoms with E-state index >= 15 is 0 Å². The largest absolute Gasteiger partial charge is 0.455 e. The van der Waals surface area contributed by atoms with Crippen molar-refractivity contribution in [1.82, 2.24) is 14.9 Å². The fourth-order valence-electron chi connectivity index (χ4n) is 3.39. The predicted octanol–water partition coefficient (Wildman–Crippen LogP) is 2.68. The number of amides is 1. The van der Waals surface area contributed by atoms with E-state index in [1.54, 1.807) is 6.07 Å². The van der Waals surface area contributed by atoms with E-state index in [1.807, 2.05) is 6.92 Å². The molecule has 0 radical (unpaired) electrons. The summed E-state index contributed by atoms with van der Waals surface area (Å²) in [5.41, 5.74) is 5.13. The lowest BCUT2D eigenvalue weighted by Crippen LogP contribution is -2.54. The molecular formula is C19H22F2N4O2. The molecule has 8 heteroatoms. The Morgan fingerprint density at radius 1 is 1.33 bits per heavy atom. The standard InChI is InChI=1S/C19H22F2N4O2/c1-19(27-17-12-23-11-16(21)24-17)7-2-3-8-25(19)9-6-13-4-5-14(18(22)26)15(20)10-13/h4-5,10-12H,2-3,6-9H2,1H3,(H2,22,26). The molecule has 1 aromatic carbocycles. The number of rotatable bonds is 6. The molecule has 0 saturated carbocycles. The topological polar surface area (TPSA) is 81.3 Å². The van der Waals surface area contributed by atoms with Gasteiger partial charge in [-0.1, -0.05) is 6.07 Å². The van der Waals surface area contributed by atoms with Gasteiger partial charge in [0.1, 0.15) is 5.82 Å². The van der Waals surface area contributed by atoms with E-state index in [0.717, 1.165) is 37.6 Å². The Morgan fingerprint density at radius 2 is 2.15 bits per heavy atom. The Labute approximate surface area is 156 Å². The molecule has 1 saturated heterocycles. The monoisotopic (exact) mass is 376 g/mol. The van der Waals surface area contributed by atoms with Gasteiger partial charge in [0.25, 0.3) is 5.91 Å². The molecule has 3 rings (SSSR count). The summed E-state index contributed by atoms with van der Waals surface area (Å²) in [5, 5.41) is 0. The molecule has 1 unspecified atom stereocenters. The number of halogens is 2. The van der Waals surface area contributed by atoms with Crippen LogP contribution in [0.4, 0.5) is 8.78 Å². The molecule has 6 nitrogen and oxygen atoms in total. The Kier molecular flexibility index (Phi) is 5.65. The molecule has 27 heavy (non-hydrogen) atoms. The van der Waals surface area contributed by atoms with Gasteiger partial charge in [0, 0.05) is 19.5 Å². The summed E-state index contributed by atoms with van der Waals surface area (Å²) in [6.45, 7) is 3.37. The highest BCUT2D eigenvalue weighted by molar-refractivity contribution is 5.93. The van der Waals surface area contributed by atoms with E-state index in [-0.39, 0.29) is 11.4 Å². The van der Waals surface area contributed by atoms with E-state index < -0.39 is 23.4 Å². The Morgan fingerprint density at radius 3 is 2.85 bits per heavy atom. The molecular weight excluding hydrogens is 354 g/mol. The van der Waals surface area contributed by atoms with Crippen LogP contribution in [-0.2, 0) is 6.42 Å². The summed E-state index contributed by atoms with van der Waals surface area (Å²) < 4.78 is 33.2. The zero-order chi connectivity index (χ0) is 19.4. The number of benzene rings is 1. The highest BCUT2D eigenvalue weighted by Gasteiger charge is 2.36. The predicted molar refractivity (Wildman–Crippen MR) is 95.1 cm³/mol. The number of ether oxygens (including phenoxy) is 1. The van der Waals surface area contributed by atoms with Gasteiger partial charge in [-0.3, -0.25) is 14.7 Å². The zero-order valence-corrected chi connectivity index (χ0v) is 15.1. The Balaban J connectivity index is 1.70. The molecule has 1 amide bonds. The average Bonchev–Trinajstić information content (AvgIpc) is 2.60. The molecule has 2 N–H and O–H groups in total. The fraction of sp³-hybridized carbons (Fsp3) is 0.421. The van der Waals surface area contributed by atoms with Crippen LogP contribution >= 0.6 is 0 Å². The summed E-state index contributed by atoms with van der Waals surface area (Å²) in [5.74, 6) is -1.95. The lowest BCUT2D eigenvalue weighted by atomic mass is 9.98. The van der Waals surface area contributed by atoms with Crippen molar-refractivity contribution in [3.63, 3.8) is 0 Å². The molecule has 2 aromatic rings. The zero-order valence-electron chi connectivity index (χ0n) is 15.1. The van der Waals surface area contributed by atoms with Crippen LogP contribution < -0.4 is 10.5 Å². The summed E-state index contributed by atoms with van der Waals surface area (Å²) >= 11 is 0. The Bertz CT molecular complexity index is 833. The lowest BCUT2D eigenvalue weighted by Gasteiger charge is -2.44. The minimum Gasteiger partial charge on any atom is -0.455 e. The lowest BCUT2D eigenvalue weighted by molar-refractivity contribution is -0.0982. The first-order chi connectivity index (χ1) is 12.9. The normalized spacial score (nSPS) is 20.4. The van der Waals surface area contributed by atoms with Crippen molar-refractivity contribution in [2.24, 2.45) is 5.73 Å². The van der Waals surface area contributed by atoms with Gasteiger partial charge >= 0.3 is 0 Å². The van der Waals surface area contributed by atoms with Crippen molar-refractivity contribution < 1.29 is 18.3 Å². The number of likely N-dealkylation sites (tertiary alicyclic amines) is 1. The van der Waals surface area contributed by atoms with Gasteiger partial charge < -0.3 is 10.5 Å². The number of primary amides is 1. The number of nitrogens with two attached hydrogens (primary N) is 1. The second kappa shape index (κ2) is 7.96. The first-order valence-electron chi connectivity index (χ1n) is 8.87. The second-order valence-electron chi connectivity index (χ2n) is 6.83. The van der Waals surface area contributed by atoms with Gasteiger partial charge in [-0.25, -0.2) is 4.39 Å². The van der Waals surface area contributed by atoms with Crippen molar-refractivity contribution in [2.45, 2.75) is 38.3 Å². The number of nitrogens with zero attached hydrogens (tertiary/aromatic N) is 3. The second-order valence-corrected chi connectivity index (χ2v) is 6.83. The van der Waals surface area contributed by atoms with E-state index in [1.165, 1.54) is 18.3 Å². The van der Waals surface area contributed by atoms with E-state index in [2.05, 4.69) is 14.9 Å². The van der Waals surface area contributed by atoms with Crippen LogP contribution in [0.25, 0.3) is 0 Å². The van der Waals surface area contributed by atoms with Crippen LogP contribution in [0.5, 0.6) is 5.88 Å². The maximum atomic E-state index is 14.0. The van der Waals surface area contributed by atoms with Crippen LogP contribution in [-0.4, -0.2) is 39.6 Å². The minimum absolute atomic E-state index is 0.116. The number of hydrogen-bond donors (Lipinski definition) is 1. The van der Waals surface area contributed by atoms with Gasteiger partial charge in [-0.05, 0) is 43.9 Å². The third-order valence-corrected chi connectivity index (χ3v) is 4.86. The van der Waals surface area contributed by atoms with Gasteiger partial charge in [-0.2, -0.15) is 9.37 Å². The van der Waals surface area contributed by atoms with E-state index in [4.69, 9.17) is 10.5 Å². The molecule has 144 valence electrons. The van der Waals surface area contributed by atoms with Crippen molar-refractivity contribution in [1.29, 1.82) is 0 Å². The summed E-state index contributed by atoms with van der Waals surface area (Å²) in [6.07, 6.45) is 5.75. The molecule has 1 fully saturated rings. The van der Waals surface area contributed by atoms with E-state index in [9.17, 15) is 13.6 Å². The van der Waals surface area contributed by atoms with Crippen LogP contribution in [0.2, 0.25) is 0 Å². The number of aromatic nitrogens is 2. The first-order valence-corrected chi connectivity index (χ1v) is 8.87. The minimum atomic E-state index is -0.785. The highest BCUT2D eigenvalue weighted by Crippen LogP contribution is 2.30. The molecule has 0 bridgehead atoms. The van der Waals surface area contributed by atoms with Gasteiger partial charge in [0.05, 0.1) is 18.0 Å². The van der Waals surface area contributed by atoms with Crippen molar-refractivity contribution in [3.8, 4) is 5.88 Å². The van der Waals surface area contributed by atoms with Crippen molar-refractivity contribution in [2.75, 3.05) is 13.1 Å². The van der Waals surface area contributed by atoms with Crippen LogP contribution in [0.15, 0.2) is 30.6 Å². The quantitative estimate of drug-likeness (QED) is 0.838. The summed E-state index contributed by atoms with van der Waals surface area (Å²) in [4.78, 5) is 20.8. The first kappa shape index (κ1) is 19.2. The van der Waals surface area contributed by atoms with Crippen molar-refractivity contribution in [3.05, 3.63) is 53.5 Å². The SMILES string of the molecule is CC1(Oc2cncc(F)n2)CCCCN1CCc1ccc(C(N)=O)c(F)c1. The third kappa shape index (κ3) is 4.57.